The minimum atomic E-state index is -3.70. The molecule has 0 aliphatic carbocycles. The van der Waals surface area contributed by atoms with Crippen molar-refractivity contribution in [2.24, 2.45) is 0 Å². The fourth-order valence-corrected chi connectivity index (χ4v) is 3.43. The van der Waals surface area contributed by atoms with E-state index in [0.29, 0.717) is 17.4 Å². The average molecular weight is 323 g/mol. The van der Waals surface area contributed by atoms with E-state index >= 15 is 0 Å². The number of H-pyrrole nitrogens is 1. The van der Waals surface area contributed by atoms with Gasteiger partial charge in [-0.15, -0.1) is 0 Å². The summed E-state index contributed by atoms with van der Waals surface area (Å²) in [4.78, 5) is 4.30. The van der Waals surface area contributed by atoms with Crippen molar-refractivity contribution in [2.45, 2.75) is 45.1 Å². The number of hydrogen-bond acceptors (Lipinski definition) is 5. The van der Waals surface area contributed by atoms with Gasteiger partial charge in [-0.2, -0.15) is 5.10 Å². The van der Waals surface area contributed by atoms with Gasteiger partial charge in [-0.1, -0.05) is 6.92 Å². The van der Waals surface area contributed by atoms with Gasteiger partial charge in [0, 0.05) is 6.04 Å². The molecule has 0 aliphatic rings. The Morgan fingerprint density at radius 1 is 1.32 bits per heavy atom. The molecular formula is C14H21N5O2S. The van der Waals surface area contributed by atoms with Crippen molar-refractivity contribution in [1.29, 1.82) is 0 Å². The third-order valence-corrected chi connectivity index (χ3v) is 4.97. The third kappa shape index (κ3) is 3.56. The molecular weight excluding hydrogens is 302 g/mol. The predicted molar refractivity (Wildman–Crippen MR) is 86.5 cm³/mol. The number of nitrogens with zero attached hydrogens (tertiary/aromatic N) is 2. The van der Waals surface area contributed by atoms with Gasteiger partial charge < -0.3 is 5.32 Å². The van der Waals surface area contributed by atoms with E-state index in [1.807, 2.05) is 0 Å². The minimum Gasteiger partial charge on any atom is -0.381 e. The zero-order chi connectivity index (χ0) is 16.3. The van der Waals surface area contributed by atoms with E-state index in [4.69, 9.17) is 0 Å². The molecule has 0 saturated carbocycles. The van der Waals surface area contributed by atoms with Gasteiger partial charge >= 0.3 is 0 Å². The Hall–Kier alpha value is -2.09. The second-order valence-electron chi connectivity index (χ2n) is 5.25. The van der Waals surface area contributed by atoms with Crippen molar-refractivity contribution in [3.8, 4) is 0 Å². The SMILES string of the molecule is CCC(C)Nc1ccc(NS(=O)(=O)c2c(C)n[nH]c2C)nc1. The molecule has 0 spiro atoms. The number of hydrogen-bond donors (Lipinski definition) is 3. The van der Waals surface area contributed by atoms with Crippen LogP contribution < -0.4 is 10.0 Å². The summed E-state index contributed by atoms with van der Waals surface area (Å²) in [6.45, 7) is 7.47. The van der Waals surface area contributed by atoms with Crippen molar-refractivity contribution in [2.75, 3.05) is 10.0 Å². The van der Waals surface area contributed by atoms with Crippen molar-refractivity contribution in [3.63, 3.8) is 0 Å². The summed E-state index contributed by atoms with van der Waals surface area (Å²) in [6.07, 6.45) is 2.60. The molecule has 0 bridgehead atoms. The molecule has 2 aromatic heterocycles. The first-order valence-corrected chi connectivity index (χ1v) is 8.58. The predicted octanol–water partition coefficient (Wildman–Crippen LogP) is 2.43. The molecule has 7 nitrogen and oxygen atoms in total. The number of aryl methyl sites for hydroxylation is 2. The van der Waals surface area contributed by atoms with Gasteiger partial charge in [0.05, 0.1) is 23.3 Å². The summed E-state index contributed by atoms with van der Waals surface area (Å²) in [5.74, 6) is 0.273. The fourth-order valence-electron chi connectivity index (χ4n) is 2.05. The van der Waals surface area contributed by atoms with Gasteiger partial charge in [0.15, 0.2) is 0 Å². The summed E-state index contributed by atoms with van der Waals surface area (Å²) in [7, 11) is -3.70. The van der Waals surface area contributed by atoms with Gasteiger partial charge in [0.25, 0.3) is 10.0 Å². The van der Waals surface area contributed by atoms with Gasteiger partial charge in [0.2, 0.25) is 0 Å². The topological polar surface area (TPSA) is 99.8 Å². The van der Waals surface area contributed by atoms with Crippen LogP contribution in [0.1, 0.15) is 31.7 Å². The molecule has 0 saturated heterocycles. The molecule has 0 fully saturated rings. The summed E-state index contributed by atoms with van der Waals surface area (Å²) in [5, 5.41) is 9.84. The van der Waals surface area contributed by atoms with Crippen molar-refractivity contribution < 1.29 is 8.42 Å². The van der Waals surface area contributed by atoms with E-state index in [9.17, 15) is 8.42 Å². The van der Waals surface area contributed by atoms with Gasteiger partial charge in [0.1, 0.15) is 10.7 Å². The molecule has 22 heavy (non-hydrogen) atoms. The van der Waals surface area contributed by atoms with Crippen LogP contribution in [0, 0.1) is 13.8 Å². The summed E-state index contributed by atoms with van der Waals surface area (Å²) in [5.41, 5.74) is 1.79. The molecule has 2 heterocycles. The highest BCUT2D eigenvalue weighted by molar-refractivity contribution is 7.92. The normalized spacial score (nSPS) is 12.9. The Morgan fingerprint density at radius 2 is 2.05 bits per heavy atom. The van der Waals surface area contributed by atoms with E-state index in [0.717, 1.165) is 12.1 Å². The van der Waals surface area contributed by atoms with Crippen LogP contribution in [0.15, 0.2) is 23.2 Å². The lowest BCUT2D eigenvalue weighted by Gasteiger charge is -2.13. The maximum absolute atomic E-state index is 12.4. The molecule has 1 unspecified atom stereocenters. The first kappa shape index (κ1) is 16.3. The molecule has 0 aliphatic heterocycles. The van der Waals surface area contributed by atoms with E-state index < -0.39 is 10.0 Å². The monoisotopic (exact) mass is 323 g/mol. The average Bonchev–Trinajstić information content (AvgIpc) is 2.80. The molecule has 1 atom stereocenters. The van der Waals surface area contributed by atoms with Gasteiger partial charge in [-0.25, -0.2) is 13.4 Å². The summed E-state index contributed by atoms with van der Waals surface area (Å²) >= 11 is 0. The maximum Gasteiger partial charge on any atom is 0.266 e. The lowest BCUT2D eigenvalue weighted by Crippen LogP contribution is -2.16. The minimum absolute atomic E-state index is 0.163. The van der Waals surface area contributed by atoms with Gasteiger partial charge in [-0.05, 0) is 39.3 Å². The second-order valence-corrected chi connectivity index (χ2v) is 6.87. The van der Waals surface area contributed by atoms with Crippen LogP contribution >= 0.6 is 0 Å². The maximum atomic E-state index is 12.4. The Kier molecular flexibility index (Phi) is 4.70. The zero-order valence-corrected chi connectivity index (χ0v) is 14.0. The molecule has 120 valence electrons. The Labute approximate surface area is 130 Å². The number of rotatable bonds is 6. The largest absolute Gasteiger partial charge is 0.381 e. The number of aromatic amines is 1. The molecule has 0 aromatic carbocycles. The Morgan fingerprint density at radius 3 is 2.55 bits per heavy atom. The molecule has 2 rings (SSSR count). The van der Waals surface area contributed by atoms with Crippen LogP contribution in [-0.2, 0) is 10.0 Å². The van der Waals surface area contributed by atoms with Crippen LogP contribution in [0.5, 0.6) is 0 Å². The van der Waals surface area contributed by atoms with Gasteiger partial charge in [-0.3, -0.25) is 9.82 Å². The lowest BCUT2D eigenvalue weighted by atomic mass is 10.2. The van der Waals surface area contributed by atoms with Crippen LogP contribution in [0.3, 0.4) is 0 Å². The quantitative estimate of drug-likeness (QED) is 0.758. The standard InChI is InChI=1S/C14H21N5O2S/c1-5-9(2)16-12-6-7-13(15-8-12)19-22(20,21)14-10(3)17-18-11(14)4/h6-9,16H,5H2,1-4H3,(H,15,19)(H,17,18). The van der Waals surface area contributed by atoms with E-state index in [2.05, 4.69) is 39.1 Å². The number of anilines is 2. The van der Waals surface area contributed by atoms with Crippen LogP contribution in [0.25, 0.3) is 0 Å². The zero-order valence-electron chi connectivity index (χ0n) is 13.1. The molecule has 3 N–H and O–H groups in total. The molecule has 8 heteroatoms. The first-order valence-electron chi connectivity index (χ1n) is 7.10. The van der Waals surface area contributed by atoms with E-state index in [1.165, 1.54) is 0 Å². The number of nitrogens with one attached hydrogen (secondary N) is 3. The number of aromatic nitrogens is 3. The first-order chi connectivity index (χ1) is 10.3. The lowest BCUT2D eigenvalue weighted by molar-refractivity contribution is 0.600. The van der Waals surface area contributed by atoms with Crippen molar-refractivity contribution >= 4 is 21.5 Å². The molecule has 0 radical (unpaired) electrons. The molecule has 0 amide bonds. The Balaban J connectivity index is 2.17. The summed E-state index contributed by atoms with van der Waals surface area (Å²) in [6, 6.07) is 3.76. The molecule has 2 aromatic rings. The number of sulfonamides is 1. The Bertz CT molecular complexity index is 718. The number of pyridine rings is 1. The van der Waals surface area contributed by atoms with Crippen molar-refractivity contribution in [1.82, 2.24) is 15.2 Å². The van der Waals surface area contributed by atoms with E-state index in [-0.39, 0.29) is 10.7 Å². The highest BCUT2D eigenvalue weighted by Crippen LogP contribution is 2.20. The van der Waals surface area contributed by atoms with Crippen molar-refractivity contribution in [3.05, 3.63) is 29.7 Å². The third-order valence-electron chi connectivity index (χ3n) is 3.36. The highest BCUT2D eigenvalue weighted by atomic mass is 32.2. The van der Waals surface area contributed by atoms with Crippen LogP contribution in [0.4, 0.5) is 11.5 Å². The van der Waals surface area contributed by atoms with Crippen LogP contribution in [0.2, 0.25) is 0 Å². The second kappa shape index (κ2) is 6.35. The van der Waals surface area contributed by atoms with Crippen LogP contribution in [-0.4, -0.2) is 29.6 Å². The van der Waals surface area contributed by atoms with E-state index in [1.54, 1.807) is 32.2 Å². The fraction of sp³-hybridized carbons (Fsp3) is 0.429. The summed E-state index contributed by atoms with van der Waals surface area (Å²) < 4.78 is 27.2. The smallest absolute Gasteiger partial charge is 0.266 e. The highest BCUT2D eigenvalue weighted by Gasteiger charge is 2.22.